The number of imide groups is 1. The number of benzene rings is 2. The minimum Gasteiger partial charge on any atom is -0.505 e. The molecule has 0 atom stereocenters. The second-order valence-corrected chi connectivity index (χ2v) is 7.52. The first-order valence-corrected chi connectivity index (χ1v) is 9.62. The maximum Gasteiger partial charge on any atom is 0.265 e. The monoisotopic (exact) mass is 403 g/mol. The maximum atomic E-state index is 12.9. The van der Waals surface area contributed by atoms with E-state index in [1.807, 2.05) is 41.8 Å². The van der Waals surface area contributed by atoms with Gasteiger partial charge in [-0.05, 0) is 22.6 Å². The summed E-state index contributed by atoms with van der Waals surface area (Å²) in [6.45, 7) is 0.0210. The molecule has 0 fully saturated rings. The highest BCUT2D eigenvalue weighted by molar-refractivity contribution is 7.13. The first-order chi connectivity index (χ1) is 14.1. The van der Waals surface area contributed by atoms with Crippen LogP contribution in [-0.2, 0) is 6.54 Å². The topological polar surface area (TPSA) is 104 Å². The van der Waals surface area contributed by atoms with Crippen LogP contribution in [0.25, 0.3) is 21.5 Å². The van der Waals surface area contributed by atoms with E-state index in [1.165, 1.54) is 12.4 Å². The molecule has 1 aliphatic rings. The largest absolute Gasteiger partial charge is 0.505 e. The van der Waals surface area contributed by atoms with Gasteiger partial charge >= 0.3 is 0 Å². The molecule has 29 heavy (non-hydrogen) atoms. The van der Waals surface area contributed by atoms with Crippen LogP contribution < -0.4 is 0 Å². The fourth-order valence-corrected chi connectivity index (χ4v) is 4.21. The zero-order valence-corrected chi connectivity index (χ0v) is 15.7. The summed E-state index contributed by atoms with van der Waals surface area (Å²) >= 11 is 1.63. The lowest BCUT2D eigenvalue weighted by Crippen LogP contribution is -2.29. The van der Waals surface area contributed by atoms with Gasteiger partial charge in [0.05, 0.1) is 6.54 Å². The molecule has 4 aromatic rings. The minimum atomic E-state index is -0.673. The molecule has 0 unspecified atom stereocenters. The SMILES string of the molecule is O=C1c2c(c(O)c3nccnc3c2O)C(=O)N1Cc1ccc(-c2cccs2)cc1. The third kappa shape index (κ3) is 2.57. The number of carbonyl (C=O) groups is 2. The minimum absolute atomic E-state index is 0.0210. The Bertz CT molecular complexity index is 1220. The summed E-state index contributed by atoms with van der Waals surface area (Å²) in [4.78, 5) is 35.8. The van der Waals surface area contributed by atoms with Crippen molar-refractivity contribution in [2.24, 2.45) is 0 Å². The zero-order valence-electron chi connectivity index (χ0n) is 14.9. The molecule has 2 aromatic carbocycles. The number of phenolic OH excluding ortho intramolecular Hbond substituents is 2. The molecular formula is C21H13N3O4S. The molecule has 7 nitrogen and oxygen atoms in total. The molecule has 2 amide bonds. The molecule has 1 aliphatic heterocycles. The van der Waals surface area contributed by atoms with E-state index >= 15 is 0 Å². The molecule has 0 saturated heterocycles. The van der Waals surface area contributed by atoms with E-state index in [0.717, 1.165) is 20.9 Å². The Morgan fingerprint density at radius 3 is 1.97 bits per heavy atom. The highest BCUT2D eigenvalue weighted by Gasteiger charge is 2.42. The number of carbonyl (C=O) groups excluding carboxylic acids is 2. The van der Waals surface area contributed by atoms with Crippen LogP contribution in [0.1, 0.15) is 26.3 Å². The molecule has 0 radical (unpaired) electrons. The number of aromatic hydroxyl groups is 2. The second kappa shape index (κ2) is 6.39. The zero-order chi connectivity index (χ0) is 20.1. The van der Waals surface area contributed by atoms with Crippen LogP contribution in [0.2, 0.25) is 0 Å². The van der Waals surface area contributed by atoms with Crippen molar-refractivity contribution in [2.45, 2.75) is 6.54 Å². The fourth-order valence-electron chi connectivity index (χ4n) is 3.48. The summed E-state index contributed by atoms with van der Waals surface area (Å²) in [5.41, 5.74) is 1.27. The van der Waals surface area contributed by atoms with Gasteiger partial charge in [-0.1, -0.05) is 30.3 Å². The highest BCUT2D eigenvalue weighted by Crippen LogP contribution is 2.42. The van der Waals surface area contributed by atoms with Crippen LogP contribution in [0.15, 0.2) is 54.2 Å². The standard InChI is InChI=1S/C21H13N3O4S/c25-18-14-15(19(26)17-16(18)22-7-8-23-17)21(28)24(20(14)27)10-11-3-5-12(6-4-11)13-2-1-9-29-13/h1-9,25-26H,10H2. The van der Waals surface area contributed by atoms with Crippen molar-refractivity contribution >= 4 is 34.2 Å². The number of fused-ring (bicyclic) bond motifs is 2. The molecule has 0 aliphatic carbocycles. The van der Waals surface area contributed by atoms with E-state index in [0.29, 0.717) is 0 Å². The Morgan fingerprint density at radius 2 is 1.45 bits per heavy atom. The second-order valence-electron chi connectivity index (χ2n) is 6.57. The van der Waals surface area contributed by atoms with Crippen LogP contribution in [0.4, 0.5) is 0 Å². The summed E-state index contributed by atoms with van der Waals surface area (Å²) in [5.74, 6) is -2.25. The normalized spacial score (nSPS) is 13.3. The average Bonchev–Trinajstić information content (AvgIpc) is 3.36. The van der Waals surface area contributed by atoms with Crippen LogP contribution in [-0.4, -0.2) is 36.9 Å². The van der Waals surface area contributed by atoms with Crippen molar-refractivity contribution in [3.8, 4) is 21.9 Å². The number of aromatic nitrogens is 2. The third-order valence-electron chi connectivity index (χ3n) is 4.89. The third-order valence-corrected chi connectivity index (χ3v) is 5.81. The van der Waals surface area contributed by atoms with Gasteiger partial charge in [-0.3, -0.25) is 14.5 Å². The van der Waals surface area contributed by atoms with Gasteiger partial charge in [0.2, 0.25) is 0 Å². The number of hydrogen-bond acceptors (Lipinski definition) is 7. The van der Waals surface area contributed by atoms with E-state index < -0.39 is 23.3 Å². The molecule has 2 N–H and O–H groups in total. The Morgan fingerprint density at radius 1 is 0.862 bits per heavy atom. The summed E-state index contributed by atoms with van der Waals surface area (Å²) in [5, 5.41) is 23.0. The van der Waals surface area contributed by atoms with Crippen molar-refractivity contribution in [3.63, 3.8) is 0 Å². The van der Waals surface area contributed by atoms with Crippen molar-refractivity contribution in [2.75, 3.05) is 0 Å². The predicted molar refractivity (Wildman–Crippen MR) is 107 cm³/mol. The van der Waals surface area contributed by atoms with E-state index in [1.54, 1.807) is 11.3 Å². The van der Waals surface area contributed by atoms with Gasteiger partial charge in [0.25, 0.3) is 11.8 Å². The van der Waals surface area contributed by atoms with Crippen LogP contribution >= 0.6 is 11.3 Å². The van der Waals surface area contributed by atoms with Gasteiger partial charge in [0.1, 0.15) is 22.2 Å². The molecule has 142 valence electrons. The van der Waals surface area contributed by atoms with E-state index in [-0.39, 0.29) is 28.7 Å². The lowest BCUT2D eigenvalue weighted by Gasteiger charge is -2.14. The van der Waals surface area contributed by atoms with Crippen molar-refractivity contribution in [1.29, 1.82) is 0 Å². The summed E-state index contributed by atoms with van der Waals surface area (Å²) in [6, 6.07) is 11.5. The molecule has 8 heteroatoms. The van der Waals surface area contributed by atoms with E-state index in [2.05, 4.69) is 9.97 Å². The van der Waals surface area contributed by atoms with Gasteiger partial charge in [0.15, 0.2) is 11.5 Å². The number of nitrogens with zero attached hydrogens (tertiary/aromatic N) is 3. The smallest absolute Gasteiger partial charge is 0.265 e. The molecule has 0 spiro atoms. The summed E-state index contributed by atoms with van der Waals surface area (Å²) in [7, 11) is 0. The lowest BCUT2D eigenvalue weighted by molar-refractivity contribution is 0.0641. The van der Waals surface area contributed by atoms with Crippen molar-refractivity contribution in [3.05, 3.63) is 70.9 Å². The Kier molecular flexibility index (Phi) is 3.82. The highest BCUT2D eigenvalue weighted by atomic mass is 32.1. The molecule has 0 saturated carbocycles. The number of hydrogen-bond donors (Lipinski definition) is 2. The first-order valence-electron chi connectivity index (χ1n) is 8.74. The molecule has 0 bridgehead atoms. The Hall–Kier alpha value is -3.78. The lowest BCUT2D eigenvalue weighted by atomic mass is 10.1. The van der Waals surface area contributed by atoms with Gasteiger partial charge in [-0.2, -0.15) is 0 Å². The van der Waals surface area contributed by atoms with E-state index in [9.17, 15) is 19.8 Å². The predicted octanol–water partition coefficient (Wildman–Crippen LogP) is 3.57. The van der Waals surface area contributed by atoms with Crippen molar-refractivity contribution in [1.82, 2.24) is 14.9 Å². The average molecular weight is 403 g/mol. The van der Waals surface area contributed by atoms with Gasteiger partial charge in [0, 0.05) is 17.3 Å². The van der Waals surface area contributed by atoms with Crippen LogP contribution in [0, 0.1) is 0 Å². The number of phenols is 2. The van der Waals surface area contributed by atoms with Gasteiger partial charge < -0.3 is 10.2 Å². The summed E-state index contributed by atoms with van der Waals surface area (Å²) in [6.07, 6.45) is 2.67. The number of rotatable bonds is 3. The Labute approximate surface area is 168 Å². The first kappa shape index (κ1) is 17.3. The van der Waals surface area contributed by atoms with Gasteiger partial charge in [-0.15, -0.1) is 11.3 Å². The number of amides is 2. The molecule has 2 aromatic heterocycles. The van der Waals surface area contributed by atoms with Gasteiger partial charge in [-0.25, -0.2) is 9.97 Å². The van der Waals surface area contributed by atoms with E-state index in [4.69, 9.17) is 0 Å². The van der Waals surface area contributed by atoms with Crippen LogP contribution in [0.5, 0.6) is 11.5 Å². The fraction of sp³-hybridized carbons (Fsp3) is 0.0476. The molecule has 5 rings (SSSR count). The van der Waals surface area contributed by atoms with Crippen LogP contribution in [0.3, 0.4) is 0 Å². The molecular weight excluding hydrogens is 390 g/mol. The summed E-state index contributed by atoms with van der Waals surface area (Å²) < 4.78 is 0. The quantitative estimate of drug-likeness (QED) is 0.400. The maximum absolute atomic E-state index is 12.9. The van der Waals surface area contributed by atoms with Crippen molar-refractivity contribution < 1.29 is 19.8 Å². The molecule has 3 heterocycles. The Balaban J connectivity index is 1.52. The number of thiophene rings is 1.